The van der Waals surface area contributed by atoms with Gasteiger partial charge in [0.25, 0.3) is 0 Å². The van der Waals surface area contributed by atoms with Crippen LogP contribution in [0.25, 0.3) is 0 Å². The van der Waals surface area contributed by atoms with Crippen molar-refractivity contribution in [1.29, 1.82) is 0 Å². The molecule has 0 aliphatic rings. The maximum absolute atomic E-state index is 5.64. The maximum atomic E-state index is 5.64. The molecule has 0 radical (unpaired) electrons. The second kappa shape index (κ2) is 9.15. The Morgan fingerprint density at radius 3 is 2.82 bits per heavy atom. The fourth-order valence-corrected chi connectivity index (χ4v) is 1.23. The zero-order valence-electron chi connectivity index (χ0n) is 9.89. The number of nitrogens with zero attached hydrogens (tertiary/aromatic N) is 2. The minimum absolute atomic E-state index is 0.338. The van der Waals surface area contributed by atoms with Crippen molar-refractivity contribution in [3.63, 3.8) is 0 Å². The number of aromatic nitrogens is 2. The van der Waals surface area contributed by atoms with E-state index in [2.05, 4.69) is 9.97 Å². The number of ether oxygens (including phenoxy) is 3. The van der Waals surface area contributed by atoms with Gasteiger partial charge in [-0.3, -0.25) is 4.98 Å². The van der Waals surface area contributed by atoms with Crippen LogP contribution in [-0.2, 0) is 15.4 Å². The molecule has 17 heavy (non-hydrogen) atoms. The van der Waals surface area contributed by atoms with Gasteiger partial charge in [-0.15, -0.1) is 11.6 Å². The number of rotatable bonds is 9. The molecule has 96 valence electrons. The number of hydrogen-bond donors (Lipinski definition) is 0. The van der Waals surface area contributed by atoms with E-state index in [-0.39, 0.29) is 0 Å². The maximum Gasteiger partial charge on any atom is 0.232 e. The van der Waals surface area contributed by atoms with E-state index in [1.165, 1.54) is 0 Å². The largest absolute Gasteiger partial charge is 0.476 e. The first-order chi connectivity index (χ1) is 8.36. The summed E-state index contributed by atoms with van der Waals surface area (Å²) in [4.78, 5) is 8.14. The Kier molecular flexibility index (Phi) is 7.62. The Morgan fingerprint density at radius 1 is 1.18 bits per heavy atom. The van der Waals surface area contributed by atoms with Gasteiger partial charge in [-0.1, -0.05) is 0 Å². The Bertz CT molecular complexity index is 313. The summed E-state index contributed by atoms with van der Waals surface area (Å²) < 4.78 is 15.6. The summed E-state index contributed by atoms with van der Waals surface area (Å²) in [6.45, 7) is 2.42. The number of hydrogen-bond acceptors (Lipinski definition) is 5. The van der Waals surface area contributed by atoms with E-state index >= 15 is 0 Å². The second-order valence-corrected chi connectivity index (χ2v) is 3.56. The van der Waals surface area contributed by atoms with Gasteiger partial charge in [0.15, 0.2) is 0 Å². The first-order valence-corrected chi connectivity index (χ1v) is 5.96. The van der Waals surface area contributed by atoms with E-state index in [4.69, 9.17) is 25.8 Å². The van der Waals surface area contributed by atoms with E-state index in [9.17, 15) is 0 Å². The third-order valence-corrected chi connectivity index (χ3v) is 2.19. The third kappa shape index (κ3) is 6.41. The van der Waals surface area contributed by atoms with E-state index < -0.39 is 0 Å². The van der Waals surface area contributed by atoms with Crippen LogP contribution >= 0.6 is 11.6 Å². The molecule has 0 saturated heterocycles. The Labute approximate surface area is 106 Å². The predicted molar refractivity (Wildman–Crippen MR) is 64.4 cm³/mol. The smallest absolute Gasteiger partial charge is 0.232 e. The van der Waals surface area contributed by atoms with Gasteiger partial charge in [-0.05, 0) is 0 Å². The molecule has 0 unspecified atom stereocenters. The summed E-state index contributed by atoms with van der Waals surface area (Å²) in [5.74, 6) is 0.838. The second-order valence-electron chi connectivity index (χ2n) is 3.29. The van der Waals surface area contributed by atoms with Gasteiger partial charge < -0.3 is 14.2 Å². The molecular formula is C11H17ClN2O3. The molecule has 0 saturated carbocycles. The van der Waals surface area contributed by atoms with E-state index in [0.717, 1.165) is 6.42 Å². The SMILES string of the molecule is COCCOCCCOc1cncc(CCl)n1. The summed E-state index contributed by atoms with van der Waals surface area (Å²) in [6.07, 6.45) is 3.99. The topological polar surface area (TPSA) is 53.5 Å². The molecule has 6 heteroatoms. The van der Waals surface area contributed by atoms with Crippen LogP contribution in [0.2, 0.25) is 0 Å². The van der Waals surface area contributed by atoms with Gasteiger partial charge in [0.05, 0.1) is 37.6 Å². The molecule has 1 rings (SSSR count). The molecule has 0 aliphatic heterocycles. The van der Waals surface area contributed by atoms with E-state index in [1.807, 2.05) is 0 Å². The number of halogens is 1. The van der Waals surface area contributed by atoms with Crippen molar-refractivity contribution in [2.24, 2.45) is 0 Å². The lowest BCUT2D eigenvalue weighted by Crippen LogP contribution is -2.07. The van der Waals surface area contributed by atoms with Crippen molar-refractivity contribution in [3.8, 4) is 5.88 Å². The van der Waals surface area contributed by atoms with Gasteiger partial charge in [-0.25, -0.2) is 4.98 Å². The molecule has 1 aromatic heterocycles. The molecule has 0 aromatic carbocycles. The fourth-order valence-electron chi connectivity index (χ4n) is 1.10. The van der Waals surface area contributed by atoms with Crippen LogP contribution in [-0.4, -0.2) is 43.5 Å². The summed E-state index contributed by atoms with van der Waals surface area (Å²) in [6, 6.07) is 0. The Morgan fingerprint density at radius 2 is 2.06 bits per heavy atom. The van der Waals surface area contributed by atoms with Gasteiger partial charge in [0.2, 0.25) is 5.88 Å². The molecule has 0 atom stereocenters. The zero-order valence-corrected chi connectivity index (χ0v) is 10.7. The lowest BCUT2D eigenvalue weighted by Gasteiger charge is -2.06. The molecule has 0 amide bonds. The Hall–Kier alpha value is -0.910. The first kappa shape index (κ1) is 14.2. The van der Waals surface area contributed by atoms with Crippen molar-refractivity contribution in [3.05, 3.63) is 18.1 Å². The fraction of sp³-hybridized carbons (Fsp3) is 0.636. The lowest BCUT2D eigenvalue weighted by atomic mass is 10.5. The van der Waals surface area contributed by atoms with Crippen LogP contribution in [0.4, 0.5) is 0 Å². The minimum Gasteiger partial charge on any atom is -0.476 e. The van der Waals surface area contributed by atoms with Crippen molar-refractivity contribution < 1.29 is 14.2 Å². The summed E-state index contributed by atoms with van der Waals surface area (Å²) >= 11 is 5.64. The quantitative estimate of drug-likeness (QED) is 0.499. The third-order valence-electron chi connectivity index (χ3n) is 1.91. The molecule has 1 aromatic rings. The first-order valence-electron chi connectivity index (χ1n) is 5.43. The molecule has 1 heterocycles. The van der Waals surface area contributed by atoms with Gasteiger partial charge >= 0.3 is 0 Å². The average molecular weight is 261 g/mol. The lowest BCUT2D eigenvalue weighted by molar-refractivity contribution is 0.0641. The van der Waals surface area contributed by atoms with Crippen LogP contribution in [0.15, 0.2) is 12.4 Å². The monoisotopic (exact) mass is 260 g/mol. The highest BCUT2D eigenvalue weighted by Crippen LogP contribution is 2.07. The van der Waals surface area contributed by atoms with E-state index in [0.29, 0.717) is 43.9 Å². The highest BCUT2D eigenvalue weighted by atomic mass is 35.5. The molecular weight excluding hydrogens is 244 g/mol. The standard InChI is InChI=1S/C11H17ClN2O3/c1-15-5-6-16-3-2-4-17-11-9-13-8-10(7-12)14-11/h8-9H,2-7H2,1H3. The van der Waals surface area contributed by atoms with Crippen molar-refractivity contribution in [1.82, 2.24) is 9.97 Å². The zero-order chi connectivity index (χ0) is 12.3. The van der Waals surface area contributed by atoms with Gasteiger partial charge in [0, 0.05) is 26.3 Å². The normalized spacial score (nSPS) is 10.5. The van der Waals surface area contributed by atoms with Crippen LogP contribution in [0, 0.1) is 0 Å². The summed E-state index contributed by atoms with van der Waals surface area (Å²) in [7, 11) is 1.65. The molecule has 0 spiro atoms. The van der Waals surface area contributed by atoms with Crippen LogP contribution in [0.1, 0.15) is 12.1 Å². The summed E-state index contributed by atoms with van der Waals surface area (Å²) in [5, 5.41) is 0. The predicted octanol–water partition coefficient (Wildman–Crippen LogP) is 1.65. The summed E-state index contributed by atoms with van der Waals surface area (Å²) in [5.41, 5.74) is 0.709. The minimum atomic E-state index is 0.338. The van der Waals surface area contributed by atoms with Gasteiger partial charge in [-0.2, -0.15) is 0 Å². The van der Waals surface area contributed by atoms with Crippen molar-refractivity contribution in [2.75, 3.05) is 33.5 Å². The van der Waals surface area contributed by atoms with Crippen LogP contribution in [0.3, 0.4) is 0 Å². The van der Waals surface area contributed by atoms with Crippen molar-refractivity contribution in [2.45, 2.75) is 12.3 Å². The van der Waals surface area contributed by atoms with Crippen molar-refractivity contribution >= 4 is 11.6 Å². The van der Waals surface area contributed by atoms with Gasteiger partial charge in [0.1, 0.15) is 0 Å². The average Bonchev–Trinajstić information content (AvgIpc) is 2.38. The molecule has 0 fully saturated rings. The molecule has 0 bridgehead atoms. The highest BCUT2D eigenvalue weighted by molar-refractivity contribution is 6.16. The molecule has 5 nitrogen and oxygen atoms in total. The number of methoxy groups -OCH3 is 1. The van der Waals surface area contributed by atoms with Crippen LogP contribution < -0.4 is 4.74 Å². The molecule has 0 aliphatic carbocycles. The van der Waals surface area contributed by atoms with E-state index in [1.54, 1.807) is 19.5 Å². The molecule has 0 N–H and O–H groups in total. The van der Waals surface area contributed by atoms with Crippen LogP contribution in [0.5, 0.6) is 5.88 Å². The Balaban J connectivity index is 2.09. The number of alkyl halides is 1. The highest BCUT2D eigenvalue weighted by Gasteiger charge is 1.98.